The number of benzene rings is 2. The van der Waals surface area contributed by atoms with Crippen molar-refractivity contribution in [2.45, 2.75) is 13.1 Å². The van der Waals surface area contributed by atoms with E-state index in [9.17, 15) is 9.59 Å². The first-order chi connectivity index (χ1) is 14.0. The Morgan fingerprint density at radius 2 is 1.60 bits per heavy atom. The van der Waals surface area contributed by atoms with Gasteiger partial charge in [-0.25, -0.2) is 0 Å². The summed E-state index contributed by atoms with van der Waals surface area (Å²) in [6, 6.07) is 12.8. The van der Waals surface area contributed by atoms with E-state index in [2.05, 4.69) is 20.9 Å². The summed E-state index contributed by atoms with van der Waals surface area (Å²) in [5.74, 6) is 1.21. The Morgan fingerprint density at radius 1 is 0.967 bits per heavy atom. The predicted octanol–water partition coefficient (Wildman–Crippen LogP) is 1.11. The topological polar surface area (TPSA) is 127 Å². The first-order valence-electron chi connectivity index (χ1n) is 9.03. The number of carbonyl (C=O) groups is 2. The molecule has 0 aliphatic carbocycles. The lowest BCUT2D eigenvalue weighted by atomic mass is 10.1. The molecule has 0 radical (unpaired) electrons. The van der Waals surface area contributed by atoms with Crippen LogP contribution in [0.15, 0.2) is 47.5 Å². The van der Waals surface area contributed by atoms with Crippen molar-refractivity contribution >= 4 is 41.8 Å². The van der Waals surface area contributed by atoms with Crippen molar-refractivity contribution < 1.29 is 19.1 Å². The maximum absolute atomic E-state index is 11.9. The van der Waals surface area contributed by atoms with Gasteiger partial charge in [0.05, 0.1) is 6.54 Å². The molecule has 0 bridgehead atoms. The molecule has 9 nitrogen and oxygen atoms in total. The fourth-order valence-corrected chi connectivity index (χ4v) is 2.69. The summed E-state index contributed by atoms with van der Waals surface area (Å²) in [7, 11) is 1.70. The van der Waals surface area contributed by atoms with E-state index in [1.54, 1.807) is 19.2 Å². The number of amides is 2. The van der Waals surface area contributed by atoms with E-state index in [1.807, 2.05) is 30.3 Å². The molecule has 10 heteroatoms. The molecule has 0 aromatic heterocycles. The summed E-state index contributed by atoms with van der Waals surface area (Å²) in [5, 5.41) is 8.91. The molecular formula is C20H24IN5O4. The lowest BCUT2D eigenvalue weighted by Gasteiger charge is -2.12. The number of fused-ring (bicyclic) bond motifs is 1. The Bertz CT molecular complexity index is 918. The second-order valence-electron chi connectivity index (χ2n) is 6.31. The fraction of sp³-hybridized carbons (Fsp3) is 0.250. The smallest absolute Gasteiger partial charge is 0.251 e. The maximum Gasteiger partial charge on any atom is 0.251 e. The molecule has 1 aliphatic rings. The normalized spacial score (nSPS) is 12.0. The number of rotatable bonds is 7. The molecule has 3 rings (SSSR count). The highest BCUT2D eigenvalue weighted by Crippen LogP contribution is 2.32. The van der Waals surface area contributed by atoms with E-state index in [0.717, 1.165) is 22.6 Å². The van der Waals surface area contributed by atoms with Crippen LogP contribution in [0.1, 0.15) is 21.5 Å². The van der Waals surface area contributed by atoms with Gasteiger partial charge in [0.25, 0.3) is 5.91 Å². The molecule has 2 amide bonds. The van der Waals surface area contributed by atoms with Crippen molar-refractivity contribution in [2.24, 2.45) is 10.7 Å². The van der Waals surface area contributed by atoms with Crippen LogP contribution in [0, 0.1) is 0 Å². The van der Waals surface area contributed by atoms with E-state index in [0.29, 0.717) is 24.6 Å². The van der Waals surface area contributed by atoms with Gasteiger partial charge in [0.1, 0.15) is 0 Å². The monoisotopic (exact) mass is 525 g/mol. The molecule has 0 spiro atoms. The highest BCUT2D eigenvalue weighted by atomic mass is 127. The van der Waals surface area contributed by atoms with Crippen molar-refractivity contribution in [3.8, 4) is 11.5 Å². The molecule has 0 atom stereocenters. The zero-order valence-corrected chi connectivity index (χ0v) is 18.8. The number of halogens is 1. The largest absolute Gasteiger partial charge is 0.454 e. The minimum atomic E-state index is -0.584. The Labute approximate surface area is 191 Å². The fourth-order valence-electron chi connectivity index (χ4n) is 2.69. The highest BCUT2D eigenvalue weighted by molar-refractivity contribution is 14.0. The first-order valence-corrected chi connectivity index (χ1v) is 9.03. The third kappa shape index (κ3) is 6.51. The summed E-state index contributed by atoms with van der Waals surface area (Å²) in [4.78, 5) is 26.8. The Kier molecular flexibility index (Phi) is 8.71. The molecular weight excluding hydrogens is 501 g/mol. The van der Waals surface area contributed by atoms with Crippen LogP contribution in [-0.2, 0) is 17.9 Å². The molecule has 1 aliphatic heterocycles. The minimum absolute atomic E-state index is 0. The number of nitrogens with zero attached hydrogens (tertiary/aromatic N) is 1. The Morgan fingerprint density at radius 3 is 2.27 bits per heavy atom. The quantitative estimate of drug-likeness (QED) is 0.244. The van der Waals surface area contributed by atoms with E-state index in [4.69, 9.17) is 15.2 Å². The number of aliphatic imine (C=N–C) groups is 1. The summed E-state index contributed by atoms with van der Waals surface area (Å²) >= 11 is 0. The first kappa shape index (κ1) is 23.3. The van der Waals surface area contributed by atoms with Crippen LogP contribution in [0.25, 0.3) is 0 Å². The van der Waals surface area contributed by atoms with Crippen LogP contribution in [0.4, 0.5) is 0 Å². The lowest BCUT2D eigenvalue weighted by molar-refractivity contribution is -0.117. The summed E-state index contributed by atoms with van der Waals surface area (Å²) in [6.07, 6.45) is 0. The SMILES string of the molecule is CN=C(NCc1ccc(C(=O)NCC(N)=O)cc1)NCc1ccc2c(c1)OCO2.I. The predicted molar refractivity (Wildman–Crippen MR) is 123 cm³/mol. The van der Waals surface area contributed by atoms with E-state index >= 15 is 0 Å². The average molecular weight is 525 g/mol. The molecule has 0 fully saturated rings. The van der Waals surface area contributed by atoms with Gasteiger partial charge >= 0.3 is 0 Å². The molecule has 160 valence electrons. The van der Waals surface area contributed by atoms with Crippen LogP contribution in [0.2, 0.25) is 0 Å². The second kappa shape index (κ2) is 11.2. The van der Waals surface area contributed by atoms with Crippen LogP contribution in [0.3, 0.4) is 0 Å². The van der Waals surface area contributed by atoms with Gasteiger partial charge in [-0.3, -0.25) is 14.6 Å². The van der Waals surface area contributed by atoms with Crippen LogP contribution in [0.5, 0.6) is 11.5 Å². The standard InChI is InChI=1S/C20H23N5O4.HI/c1-22-20(25-10-14-4-7-16-17(8-14)29-12-28-16)24-9-13-2-5-15(6-3-13)19(27)23-11-18(21)26;/h2-8H,9-12H2,1H3,(H2,21,26)(H,23,27)(H2,22,24,25);1H. The number of ether oxygens (including phenoxy) is 2. The Hall–Kier alpha value is -3.02. The highest BCUT2D eigenvalue weighted by Gasteiger charge is 2.13. The van der Waals surface area contributed by atoms with Gasteiger partial charge in [-0.05, 0) is 35.4 Å². The number of hydrogen-bond donors (Lipinski definition) is 4. The minimum Gasteiger partial charge on any atom is -0.454 e. The molecule has 0 saturated carbocycles. The van der Waals surface area contributed by atoms with Gasteiger partial charge in [-0.15, -0.1) is 24.0 Å². The van der Waals surface area contributed by atoms with Crippen LogP contribution in [-0.4, -0.2) is 38.2 Å². The van der Waals surface area contributed by atoms with E-state index < -0.39 is 5.91 Å². The van der Waals surface area contributed by atoms with Crippen molar-refractivity contribution in [2.75, 3.05) is 20.4 Å². The van der Waals surface area contributed by atoms with Crippen LogP contribution >= 0.6 is 24.0 Å². The van der Waals surface area contributed by atoms with E-state index in [1.165, 1.54) is 0 Å². The molecule has 2 aromatic carbocycles. The number of carbonyl (C=O) groups excluding carboxylic acids is 2. The summed E-state index contributed by atoms with van der Waals surface area (Å²) < 4.78 is 10.7. The number of primary amides is 1. The third-order valence-corrected chi connectivity index (χ3v) is 4.22. The van der Waals surface area contributed by atoms with Crippen molar-refractivity contribution in [3.63, 3.8) is 0 Å². The van der Waals surface area contributed by atoms with E-state index in [-0.39, 0.29) is 43.2 Å². The molecule has 5 N–H and O–H groups in total. The molecule has 1 heterocycles. The zero-order chi connectivity index (χ0) is 20.6. The van der Waals surface area contributed by atoms with Gasteiger partial charge in [0.15, 0.2) is 17.5 Å². The van der Waals surface area contributed by atoms with Gasteiger partial charge in [0, 0.05) is 25.7 Å². The van der Waals surface area contributed by atoms with Gasteiger partial charge in [0.2, 0.25) is 12.7 Å². The lowest BCUT2D eigenvalue weighted by Crippen LogP contribution is -2.36. The summed E-state index contributed by atoms with van der Waals surface area (Å²) in [6.45, 7) is 1.17. The molecule has 2 aromatic rings. The number of guanidine groups is 1. The van der Waals surface area contributed by atoms with Gasteiger partial charge in [-0.2, -0.15) is 0 Å². The second-order valence-corrected chi connectivity index (χ2v) is 6.31. The average Bonchev–Trinajstić information content (AvgIpc) is 3.20. The van der Waals surface area contributed by atoms with Crippen molar-refractivity contribution in [1.82, 2.24) is 16.0 Å². The number of hydrogen-bond acceptors (Lipinski definition) is 5. The molecule has 30 heavy (non-hydrogen) atoms. The van der Waals surface area contributed by atoms with Gasteiger partial charge in [-0.1, -0.05) is 18.2 Å². The molecule has 0 saturated heterocycles. The summed E-state index contributed by atoms with van der Waals surface area (Å²) in [5.41, 5.74) is 7.50. The van der Waals surface area contributed by atoms with Crippen molar-refractivity contribution in [3.05, 3.63) is 59.2 Å². The van der Waals surface area contributed by atoms with Crippen molar-refractivity contribution in [1.29, 1.82) is 0 Å². The third-order valence-electron chi connectivity index (χ3n) is 4.22. The Balaban J connectivity index is 0.00000320. The van der Waals surface area contributed by atoms with Gasteiger partial charge < -0.3 is 31.2 Å². The number of nitrogens with two attached hydrogens (primary N) is 1. The number of nitrogens with one attached hydrogen (secondary N) is 3. The molecule has 0 unspecified atom stereocenters. The van der Waals surface area contributed by atoms with Crippen LogP contribution < -0.4 is 31.2 Å². The zero-order valence-electron chi connectivity index (χ0n) is 16.4. The maximum atomic E-state index is 11.9.